The molecule has 1 fully saturated rings. The molecule has 0 aromatic carbocycles. The van der Waals surface area contributed by atoms with Crippen LogP contribution in [0.15, 0.2) is 109 Å². The van der Waals surface area contributed by atoms with Gasteiger partial charge in [0.05, 0.1) is 6.61 Å². The van der Waals surface area contributed by atoms with Gasteiger partial charge in [0.25, 0.3) is 0 Å². The highest BCUT2D eigenvalue weighted by Gasteiger charge is 2.50. The SMILES string of the molecule is CC/C=C\C/C=C\C/C=C\C/C=C\C/C=C\CCCC(=O)OCC(COC1OC(C(=O)O)C(O)C(O)C1OC(=O)CCCCC/C=C\C/C=C\C/C=C\CC)OC(=O)CCCCCCC/C=C\CCCCCC. The number of hydrogen-bond acceptors (Lipinski definition) is 11. The monoisotopic (exact) mass is 1020 g/mol. The highest BCUT2D eigenvalue weighted by molar-refractivity contribution is 5.74. The fourth-order valence-electron chi connectivity index (χ4n) is 7.59. The molecule has 1 saturated heterocycles. The van der Waals surface area contributed by atoms with E-state index in [-0.39, 0.29) is 25.9 Å². The zero-order chi connectivity index (χ0) is 53.3. The molecule has 12 nitrogen and oxygen atoms in total. The fourth-order valence-corrected chi connectivity index (χ4v) is 7.59. The summed E-state index contributed by atoms with van der Waals surface area (Å²) in [5, 5.41) is 31.4. The lowest BCUT2D eigenvalue weighted by Gasteiger charge is -2.40. The number of ether oxygens (including phenoxy) is 5. The van der Waals surface area contributed by atoms with Crippen molar-refractivity contribution in [2.45, 2.75) is 237 Å². The van der Waals surface area contributed by atoms with E-state index in [0.29, 0.717) is 25.7 Å². The highest BCUT2D eigenvalue weighted by atomic mass is 16.7. The summed E-state index contributed by atoms with van der Waals surface area (Å²) in [5.41, 5.74) is 0. The van der Waals surface area contributed by atoms with Gasteiger partial charge in [0.2, 0.25) is 0 Å². The molecule has 6 unspecified atom stereocenters. The number of aliphatic carboxylic acids is 1. The molecule has 6 atom stereocenters. The summed E-state index contributed by atoms with van der Waals surface area (Å²) < 4.78 is 28.2. The minimum Gasteiger partial charge on any atom is -0.479 e. The zero-order valence-electron chi connectivity index (χ0n) is 45.1. The van der Waals surface area contributed by atoms with Crippen LogP contribution in [0.3, 0.4) is 0 Å². The lowest BCUT2D eigenvalue weighted by molar-refractivity contribution is -0.301. The van der Waals surface area contributed by atoms with Gasteiger partial charge in [-0.15, -0.1) is 0 Å². The third-order valence-corrected chi connectivity index (χ3v) is 11.8. The Hall–Kier alpha value is -4.62. The first-order valence-electron chi connectivity index (χ1n) is 27.9. The van der Waals surface area contributed by atoms with E-state index in [9.17, 15) is 34.5 Å². The van der Waals surface area contributed by atoms with Crippen molar-refractivity contribution in [1.82, 2.24) is 0 Å². The van der Waals surface area contributed by atoms with Crippen LogP contribution < -0.4 is 0 Å². The van der Waals surface area contributed by atoms with E-state index < -0.39 is 67.3 Å². The molecule has 1 aliphatic heterocycles. The topological polar surface area (TPSA) is 175 Å². The van der Waals surface area contributed by atoms with Crippen molar-refractivity contribution >= 4 is 23.9 Å². The summed E-state index contributed by atoms with van der Waals surface area (Å²) in [6.45, 7) is 5.65. The number of rotatable bonds is 45. The second kappa shape index (κ2) is 48.3. The van der Waals surface area contributed by atoms with Crippen molar-refractivity contribution in [3.8, 4) is 0 Å². The number of carbonyl (C=O) groups is 4. The number of carbonyl (C=O) groups excluding carboxylic acids is 3. The van der Waals surface area contributed by atoms with Crippen LogP contribution in [-0.4, -0.2) is 89.2 Å². The lowest BCUT2D eigenvalue weighted by atomic mass is 9.98. The fraction of sp³-hybridized carbons (Fsp3) is 0.639. The highest BCUT2D eigenvalue weighted by Crippen LogP contribution is 2.26. The predicted molar refractivity (Wildman–Crippen MR) is 294 cm³/mol. The maximum atomic E-state index is 13.1. The van der Waals surface area contributed by atoms with Gasteiger partial charge in [0.15, 0.2) is 24.6 Å². The van der Waals surface area contributed by atoms with Crippen LogP contribution >= 0.6 is 0 Å². The molecule has 0 bridgehead atoms. The van der Waals surface area contributed by atoms with Gasteiger partial charge in [-0.05, 0) is 116 Å². The van der Waals surface area contributed by atoms with Crippen molar-refractivity contribution in [3.05, 3.63) is 109 Å². The standard InChI is InChI=1S/C61H96O12/c1-4-7-10-13-16-19-22-25-26-27-28-31-32-35-38-41-44-47-53(62)69-50-52(71-54(63)48-45-42-39-36-33-29-23-20-17-14-11-8-5-2)51-70-61-59(57(66)56(65)58(73-61)60(67)68)72-55(64)49-46-43-40-37-34-30-24-21-18-15-12-9-6-3/h7,9-10,12,16,18-21,23,25-26,28,30-31,34-35,38,52,56-59,61,65-66H,4-6,8,11,13-15,17,22,24,27,29,32-33,36-37,39-51H2,1-3H3,(H,67,68)/b10-7-,12-9-,19-16-,21-18-,23-20-,26-25-,31-28-,34-30-,38-35-. The number of esters is 3. The van der Waals surface area contributed by atoms with Crippen LogP contribution in [0.4, 0.5) is 0 Å². The molecule has 0 radical (unpaired) electrons. The van der Waals surface area contributed by atoms with E-state index in [4.69, 9.17) is 23.7 Å². The molecule has 0 aromatic rings. The van der Waals surface area contributed by atoms with E-state index in [0.717, 1.165) is 109 Å². The number of allylic oxidation sites excluding steroid dienone is 18. The lowest BCUT2D eigenvalue weighted by Crippen LogP contribution is -2.61. The first kappa shape index (κ1) is 66.4. The predicted octanol–water partition coefficient (Wildman–Crippen LogP) is 13.9. The van der Waals surface area contributed by atoms with Crippen LogP contribution in [0.5, 0.6) is 0 Å². The molecule has 12 heteroatoms. The number of carboxylic acids is 1. The van der Waals surface area contributed by atoms with Gasteiger partial charge in [0, 0.05) is 19.3 Å². The van der Waals surface area contributed by atoms with Gasteiger partial charge in [-0.3, -0.25) is 14.4 Å². The number of carboxylic acid groups (broad SMARTS) is 1. The Labute approximate surface area is 440 Å². The van der Waals surface area contributed by atoms with Gasteiger partial charge >= 0.3 is 23.9 Å². The molecule has 0 spiro atoms. The Morgan fingerprint density at radius 1 is 0.466 bits per heavy atom. The number of unbranched alkanes of at least 4 members (excludes halogenated alkanes) is 13. The smallest absolute Gasteiger partial charge is 0.335 e. The Bertz CT molecular complexity index is 1690. The van der Waals surface area contributed by atoms with Gasteiger partial charge < -0.3 is 39.0 Å². The van der Waals surface area contributed by atoms with Crippen LogP contribution in [0.1, 0.15) is 201 Å². The van der Waals surface area contributed by atoms with Crippen molar-refractivity contribution in [2.24, 2.45) is 0 Å². The average molecular weight is 1020 g/mol. The quantitative estimate of drug-likeness (QED) is 0.0228. The van der Waals surface area contributed by atoms with E-state index >= 15 is 0 Å². The first-order valence-corrected chi connectivity index (χ1v) is 27.9. The summed E-state index contributed by atoms with van der Waals surface area (Å²) in [6, 6.07) is 0. The molecular weight excluding hydrogens is 925 g/mol. The van der Waals surface area contributed by atoms with Gasteiger partial charge in [-0.25, -0.2) is 4.79 Å². The number of hydrogen-bond donors (Lipinski definition) is 3. The van der Waals surface area contributed by atoms with Crippen molar-refractivity contribution in [1.29, 1.82) is 0 Å². The first-order chi connectivity index (χ1) is 35.6. The van der Waals surface area contributed by atoms with Crippen molar-refractivity contribution in [2.75, 3.05) is 13.2 Å². The van der Waals surface area contributed by atoms with Gasteiger partial charge in [0.1, 0.15) is 18.8 Å². The second-order valence-electron chi connectivity index (χ2n) is 18.4. The summed E-state index contributed by atoms with van der Waals surface area (Å²) in [5.74, 6) is -3.27. The van der Waals surface area contributed by atoms with Crippen molar-refractivity contribution < 1.29 is 58.2 Å². The van der Waals surface area contributed by atoms with Crippen LogP contribution in [0.25, 0.3) is 0 Å². The maximum absolute atomic E-state index is 13.1. The molecule has 1 heterocycles. The van der Waals surface area contributed by atoms with E-state index in [1.54, 1.807) is 0 Å². The Morgan fingerprint density at radius 3 is 1.38 bits per heavy atom. The van der Waals surface area contributed by atoms with Crippen LogP contribution in [0, 0.1) is 0 Å². The second-order valence-corrected chi connectivity index (χ2v) is 18.4. The number of aliphatic hydroxyl groups is 2. The maximum Gasteiger partial charge on any atom is 0.335 e. The van der Waals surface area contributed by atoms with Crippen LogP contribution in [-0.2, 0) is 42.9 Å². The molecular formula is C61H96O12. The summed E-state index contributed by atoms with van der Waals surface area (Å²) >= 11 is 0. The Balaban J connectivity index is 2.78. The van der Waals surface area contributed by atoms with Gasteiger partial charge in [-0.2, -0.15) is 0 Å². The molecule has 1 rings (SSSR count). The summed E-state index contributed by atoms with van der Waals surface area (Å²) in [4.78, 5) is 51.0. The minimum absolute atomic E-state index is 0.0135. The molecule has 412 valence electrons. The average Bonchev–Trinajstić information content (AvgIpc) is 3.37. The van der Waals surface area contributed by atoms with E-state index in [1.165, 1.54) is 25.7 Å². The molecule has 0 aromatic heterocycles. The molecule has 73 heavy (non-hydrogen) atoms. The molecule has 1 aliphatic rings. The molecule has 3 N–H and O–H groups in total. The molecule has 0 amide bonds. The summed E-state index contributed by atoms with van der Waals surface area (Å²) in [6.07, 6.45) is 52.2. The normalized spacial score (nSPS) is 19.2. The molecule has 0 saturated carbocycles. The number of aliphatic hydroxyl groups excluding tert-OH is 2. The zero-order valence-corrected chi connectivity index (χ0v) is 45.1. The summed E-state index contributed by atoms with van der Waals surface area (Å²) in [7, 11) is 0. The van der Waals surface area contributed by atoms with E-state index in [1.807, 2.05) is 6.08 Å². The minimum atomic E-state index is -1.93. The third-order valence-electron chi connectivity index (χ3n) is 11.8. The van der Waals surface area contributed by atoms with Crippen molar-refractivity contribution in [3.63, 3.8) is 0 Å². The Kier molecular flexibility index (Phi) is 44.0. The van der Waals surface area contributed by atoms with E-state index in [2.05, 4.69) is 124 Å². The van der Waals surface area contributed by atoms with Gasteiger partial charge in [-0.1, -0.05) is 175 Å². The van der Waals surface area contributed by atoms with Crippen LogP contribution in [0.2, 0.25) is 0 Å². The Morgan fingerprint density at radius 2 is 0.877 bits per heavy atom. The molecule has 0 aliphatic carbocycles. The third kappa shape index (κ3) is 38.6. The largest absolute Gasteiger partial charge is 0.479 e.